The number of piperazine rings is 1. The molecule has 0 N–H and O–H groups in total. The van der Waals surface area contributed by atoms with Gasteiger partial charge in [0.1, 0.15) is 0 Å². The Kier molecular flexibility index (Phi) is 5.08. The fraction of sp³-hybridized carbons (Fsp3) is 0.562. The molecule has 0 bridgehead atoms. The first-order valence-corrected chi connectivity index (χ1v) is 7.90. The SMILES string of the molecule is COC(OC)C(=O)N1CCN(Cc2cnc3onc(C)c3c2)CC1. The van der Waals surface area contributed by atoms with Gasteiger partial charge in [-0.25, -0.2) is 4.98 Å². The molecule has 8 nitrogen and oxygen atoms in total. The molecule has 0 aromatic carbocycles. The molecule has 24 heavy (non-hydrogen) atoms. The van der Waals surface area contributed by atoms with Crippen LogP contribution in [0.3, 0.4) is 0 Å². The van der Waals surface area contributed by atoms with Crippen LogP contribution in [0.2, 0.25) is 0 Å². The van der Waals surface area contributed by atoms with Gasteiger partial charge in [-0.15, -0.1) is 0 Å². The van der Waals surface area contributed by atoms with E-state index in [1.165, 1.54) is 14.2 Å². The van der Waals surface area contributed by atoms with Crippen LogP contribution < -0.4 is 0 Å². The van der Waals surface area contributed by atoms with Gasteiger partial charge in [0, 0.05) is 53.1 Å². The van der Waals surface area contributed by atoms with Crippen LogP contribution >= 0.6 is 0 Å². The Morgan fingerprint density at radius 2 is 2.00 bits per heavy atom. The second-order valence-electron chi connectivity index (χ2n) is 5.87. The van der Waals surface area contributed by atoms with Gasteiger partial charge in [-0.1, -0.05) is 5.16 Å². The smallest absolute Gasteiger partial charge is 0.279 e. The van der Waals surface area contributed by atoms with Gasteiger partial charge in [0.15, 0.2) is 0 Å². The van der Waals surface area contributed by atoms with E-state index in [2.05, 4.69) is 21.1 Å². The normalized spacial score (nSPS) is 16.2. The molecule has 130 valence electrons. The number of nitrogens with zero attached hydrogens (tertiary/aromatic N) is 4. The number of carbonyl (C=O) groups is 1. The first kappa shape index (κ1) is 16.8. The van der Waals surface area contributed by atoms with Crippen LogP contribution in [-0.2, 0) is 20.8 Å². The molecule has 0 atom stereocenters. The molecule has 3 heterocycles. The van der Waals surface area contributed by atoms with Crippen LogP contribution in [0.15, 0.2) is 16.8 Å². The van der Waals surface area contributed by atoms with Gasteiger partial charge in [-0.05, 0) is 18.6 Å². The molecule has 0 spiro atoms. The van der Waals surface area contributed by atoms with Crippen molar-refractivity contribution in [2.45, 2.75) is 19.8 Å². The maximum atomic E-state index is 12.2. The number of pyridine rings is 1. The predicted octanol–water partition coefficient (Wildman–Crippen LogP) is 0.794. The van der Waals surface area contributed by atoms with E-state index in [1.807, 2.05) is 13.1 Å². The second-order valence-corrected chi connectivity index (χ2v) is 5.87. The highest BCUT2D eigenvalue weighted by Crippen LogP contribution is 2.18. The fourth-order valence-corrected chi connectivity index (χ4v) is 2.91. The minimum absolute atomic E-state index is 0.122. The molecule has 8 heteroatoms. The lowest BCUT2D eigenvalue weighted by molar-refractivity contribution is -0.171. The van der Waals surface area contributed by atoms with Gasteiger partial charge < -0.3 is 18.9 Å². The largest absolute Gasteiger partial charge is 0.348 e. The Labute approximate surface area is 140 Å². The highest BCUT2D eigenvalue weighted by atomic mass is 16.7. The van der Waals surface area contributed by atoms with E-state index in [-0.39, 0.29) is 5.91 Å². The minimum Gasteiger partial charge on any atom is -0.348 e. The monoisotopic (exact) mass is 334 g/mol. The summed E-state index contributed by atoms with van der Waals surface area (Å²) in [6, 6.07) is 2.07. The average molecular weight is 334 g/mol. The highest BCUT2D eigenvalue weighted by Gasteiger charge is 2.27. The minimum atomic E-state index is -0.820. The Morgan fingerprint density at radius 1 is 1.29 bits per heavy atom. The molecule has 1 amide bonds. The first-order valence-electron chi connectivity index (χ1n) is 7.90. The molecular weight excluding hydrogens is 312 g/mol. The van der Waals surface area contributed by atoms with Gasteiger partial charge >= 0.3 is 0 Å². The predicted molar refractivity (Wildman–Crippen MR) is 86.2 cm³/mol. The van der Waals surface area contributed by atoms with Crippen LogP contribution in [0.5, 0.6) is 0 Å². The zero-order chi connectivity index (χ0) is 17.1. The molecule has 0 aliphatic carbocycles. The molecule has 0 radical (unpaired) electrons. The van der Waals surface area contributed by atoms with E-state index in [1.54, 1.807) is 4.90 Å². The van der Waals surface area contributed by atoms with Crippen molar-refractivity contribution in [1.29, 1.82) is 0 Å². The molecule has 0 saturated carbocycles. The molecule has 2 aromatic rings. The molecule has 0 unspecified atom stereocenters. The number of fused-ring (bicyclic) bond motifs is 1. The van der Waals surface area contributed by atoms with Crippen molar-refractivity contribution in [2.24, 2.45) is 0 Å². The summed E-state index contributed by atoms with van der Waals surface area (Å²) in [6.45, 7) is 5.60. The number of aromatic nitrogens is 2. The van der Waals surface area contributed by atoms with Gasteiger partial charge in [0.25, 0.3) is 11.6 Å². The Bertz CT molecular complexity index is 705. The number of carbonyl (C=O) groups excluding carboxylic acids is 1. The lowest BCUT2D eigenvalue weighted by Crippen LogP contribution is -2.51. The van der Waals surface area contributed by atoms with Gasteiger partial charge in [-0.2, -0.15) is 0 Å². The van der Waals surface area contributed by atoms with E-state index < -0.39 is 6.29 Å². The topological polar surface area (TPSA) is 80.9 Å². The van der Waals surface area contributed by atoms with Crippen molar-refractivity contribution in [2.75, 3.05) is 40.4 Å². The number of ether oxygens (including phenoxy) is 2. The second kappa shape index (κ2) is 7.25. The van der Waals surface area contributed by atoms with Crippen molar-refractivity contribution in [3.8, 4) is 0 Å². The van der Waals surface area contributed by atoms with E-state index in [0.717, 1.165) is 36.3 Å². The lowest BCUT2D eigenvalue weighted by atomic mass is 10.2. The Hall–Kier alpha value is -2.03. The van der Waals surface area contributed by atoms with Crippen LogP contribution in [0.1, 0.15) is 11.3 Å². The van der Waals surface area contributed by atoms with Crippen LogP contribution in [0, 0.1) is 6.92 Å². The molecule has 1 aliphatic heterocycles. The van der Waals surface area contributed by atoms with E-state index in [9.17, 15) is 4.79 Å². The van der Waals surface area contributed by atoms with Gasteiger partial charge in [0.2, 0.25) is 6.29 Å². The standard InChI is InChI=1S/C16H22N4O4/c1-11-13-8-12(9-17-14(13)24-18-11)10-19-4-6-20(7-5-19)15(21)16(22-2)23-3/h8-9,16H,4-7,10H2,1-3H3. The van der Waals surface area contributed by atoms with E-state index in [0.29, 0.717) is 18.8 Å². The highest BCUT2D eigenvalue weighted by molar-refractivity contribution is 5.79. The molecule has 2 aromatic heterocycles. The van der Waals surface area contributed by atoms with Crippen molar-refractivity contribution >= 4 is 17.0 Å². The summed E-state index contributed by atoms with van der Waals surface area (Å²) in [7, 11) is 2.94. The number of rotatable bonds is 5. The van der Waals surface area contributed by atoms with E-state index in [4.69, 9.17) is 14.0 Å². The van der Waals surface area contributed by atoms with E-state index >= 15 is 0 Å². The summed E-state index contributed by atoms with van der Waals surface area (Å²) < 4.78 is 15.2. The summed E-state index contributed by atoms with van der Waals surface area (Å²) >= 11 is 0. The number of amides is 1. The van der Waals surface area contributed by atoms with Crippen molar-refractivity contribution in [3.63, 3.8) is 0 Å². The molecule has 1 aliphatic rings. The number of methoxy groups -OCH3 is 2. The first-order chi connectivity index (χ1) is 11.6. The fourth-order valence-electron chi connectivity index (χ4n) is 2.91. The average Bonchev–Trinajstić information content (AvgIpc) is 2.97. The maximum absolute atomic E-state index is 12.2. The van der Waals surface area contributed by atoms with Crippen LogP contribution in [-0.4, -0.2) is 72.5 Å². The number of hydrogen-bond acceptors (Lipinski definition) is 7. The number of hydrogen-bond donors (Lipinski definition) is 0. The maximum Gasteiger partial charge on any atom is 0.279 e. The van der Waals surface area contributed by atoms with Crippen LogP contribution in [0.4, 0.5) is 0 Å². The Morgan fingerprint density at radius 3 is 2.67 bits per heavy atom. The summed E-state index contributed by atoms with van der Waals surface area (Å²) in [5.74, 6) is -0.122. The third-order valence-electron chi connectivity index (χ3n) is 4.29. The number of aryl methyl sites for hydroxylation is 1. The zero-order valence-electron chi connectivity index (χ0n) is 14.2. The summed E-state index contributed by atoms with van der Waals surface area (Å²) in [5, 5.41) is 4.88. The van der Waals surface area contributed by atoms with Crippen molar-refractivity contribution in [3.05, 3.63) is 23.5 Å². The molecule has 1 fully saturated rings. The summed E-state index contributed by atoms with van der Waals surface area (Å²) in [4.78, 5) is 20.6. The lowest BCUT2D eigenvalue weighted by Gasteiger charge is -2.35. The molecule has 1 saturated heterocycles. The summed E-state index contributed by atoms with van der Waals surface area (Å²) in [5.41, 5.74) is 2.53. The summed E-state index contributed by atoms with van der Waals surface area (Å²) in [6.07, 6.45) is 0.996. The third-order valence-corrected chi connectivity index (χ3v) is 4.29. The zero-order valence-corrected chi connectivity index (χ0v) is 14.2. The Balaban J connectivity index is 1.58. The molecular formula is C16H22N4O4. The third kappa shape index (κ3) is 3.40. The van der Waals surface area contributed by atoms with Crippen LogP contribution in [0.25, 0.3) is 11.1 Å². The van der Waals surface area contributed by atoms with Crippen molar-refractivity contribution < 1.29 is 18.8 Å². The van der Waals surface area contributed by atoms with Crippen molar-refractivity contribution in [1.82, 2.24) is 19.9 Å². The molecule has 3 rings (SSSR count). The van der Waals surface area contributed by atoms with Gasteiger partial charge in [0.05, 0.1) is 11.1 Å². The quantitative estimate of drug-likeness (QED) is 0.748. The van der Waals surface area contributed by atoms with Gasteiger partial charge in [-0.3, -0.25) is 9.69 Å².